The van der Waals surface area contributed by atoms with E-state index in [4.69, 9.17) is 10.5 Å². The van der Waals surface area contributed by atoms with Gasteiger partial charge >= 0.3 is 5.97 Å². The molecule has 0 aliphatic heterocycles. The highest BCUT2D eigenvalue weighted by Crippen LogP contribution is 2.51. The van der Waals surface area contributed by atoms with E-state index in [1.165, 1.54) is 0 Å². The number of hydrogen-bond acceptors (Lipinski definition) is 4. The second kappa shape index (κ2) is 3.46. The van der Waals surface area contributed by atoms with Gasteiger partial charge in [-0.15, -0.1) is 0 Å². The minimum Gasteiger partial charge on any atom is -0.465 e. The molecule has 3 fully saturated rings. The molecule has 0 aromatic rings. The second-order valence-corrected chi connectivity index (χ2v) is 4.96. The van der Waals surface area contributed by atoms with Crippen LogP contribution in [0.1, 0.15) is 39.0 Å². The molecular formula is C11H19NO3. The number of carbonyl (C=O) groups excluding carboxylic acids is 1. The van der Waals surface area contributed by atoms with Crippen molar-refractivity contribution in [2.45, 2.75) is 50.7 Å². The molecule has 3 N–H and O–H groups in total. The largest absolute Gasteiger partial charge is 0.465 e. The number of hydrogen-bond donors (Lipinski definition) is 2. The van der Waals surface area contributed by atoms with Crippen LogP contribution in [0.4, 0.5) is 0 Å². The Hall–Kier alpha value is -0.610. The first-order valence-electron chi connectivity index (χ1n) is 5.67. The fraction of sp³-hybridized carbons (Fsp3) is 0.909. The van der Waals surface area contributed by atoms with Crippen LogP contribution in [-0.4, -0.2) is 29.3 Å². The molecule has 0 unspecified atom stereocenters. The lowest BCUT2D eigenvalue weighted by Gasteiger charge is -2.52. The molecule has 0 spiro atoms. The predicted molar refractivity (Wildman–Crippen MR) is 55.1 cm³/mol. The van der Waals surface area contributed by atoms with Crippen molar-refractivity contribution in [3.63, 3.8) is 0 Å². The molecular weight excluding hydrogens is 194 g/mol. The van der Waals surface area contributed by atoms with E-state index in [-0.39, 0.29) is 11.5 Å². The summed E-state index contributed by atoms with van der Waals surface area (Å²) in [6, 6.07) is 0. The summed E-state index contributed by atoms with van der Waals surface area (Å²) >= 11 is 0. The summed E-state index contributed by atoms with van der Waals surface area (Å²) in [7, 11) is 0. The molecule has 4 nitrogen and oxygen atoms in total. The van der Waals surface area contributed by atoms with Crippen molar-refractivity contribution in [2.75, 3.05) is 6.61 Å². The maximum atomic E-state index is 11.9. The number of nitrogens with two attached hydrogens (primary N) is 1. The van der Waals surface area contributed by atoms with E-state index in [9.17, 15) is 9.90 Å². The van der Waals surface area contributed by atoms with Crippen molar-refractivity contribution in [3.8, 4) is 0 Å². The van der Waals surface area contributed by atoms with Gasteiger partial charge in [0.05, 0.1) is 18.1 Å². The molecule has 0 aromatic heterocycles. The molecule has 0 amide bonds. The lowest BCUT2D eigenvalue weighted by molar-refractivity contribution is -0.176. The summed E-state index contributed by atoms with van der Waals surface area (Å²) in [5, 5.41) is 10.0. The Morgan fingerprint density at radius 1 is 1.47 bits per heavy atom. The van der Waals surface area contributed by atoms with Crippen LogP contribution in [-0.2, 0) is 9.53 Å². The number of aliphatic hydroxyl groups excluding tert-OH is 1. The topological polar surface area (TPSA) is 72.5 Å². The lowest BCUT2D eigenvalue weighted by Crippen LogP contribution is -2.61. The Morgan fingerprint density at radius 3 is 2.53 bits per heavy atom. The van der Waals surface area contributed by atoms with Gasteiger partial charge in [0.1, 0.15) is 0 Å². The SMILES string of the molecule is CCOC(=O)C12CCC(N)(CC1)C[C@H]2O. The minimum atomic E-state index is -0.656. The highest BCUT2D eigenvalue weighted by Gasteiger charge is 2.57. The summed E-state index contributed by atoms with van der Waals surface area (Å²) < 4.78 is 5.06. The fourth-order valence-corrected chi connectivity index (χ4v) is 2.93. The molecule has 3 saturated carbocycles. The highest BCUT2D eigenvalue weighted by atomic mass is 16.5. The van der Waals surface area contributed by atoms with Crippen LogP contribution in [0.25, 0.3) is 0 Å². The molecule has 3 aliphatic carbocycles. The van der Waals surface area contributed by atoms with Crippen molar-refractivity contribution in [3.05, 3.63) is 0 Å². The summed E-state index contributed by atoms with van der Waals surface area (Å²) in [5.41, 5.74) is 5.21. The number of fused-ring (bicyclic) bond motifs is 3. The number of carbonyl (C=O) groups is 1. The van der Waals surface area contributed by atoms with Crippen molar-refractivity contribution >= 4 is 5.97 Å². The van der Waals surface area contributed by atoms with Crippen LogP contribution < -0.4 is 5.73 Å². The van der Waals surface area contributed by atoms with Crippen molar-refractivity contribution in [1.82, 2.24) is 0 Å². The fourth-order valence-electron chi connectivity index (χ4n) is 2.93. The Morgan fingerprint density at radius 2 is 2.07 bits per heavy atom. The average molecular weight is 213 g/mol. The monoisotopic (exact) mass is 213 g/mol. The Kier molecular flexibility index (Phi) is 2.51. The van der Waals surface area contributed by atoms with Gasteiger partial charge in [-0.1, -0.05) is 0 Å². The Balaban J connectivity index is 2.18. The van der Waals surface area contributed by atoms with Crippen molar-refractivity contribution in [2.24, 2.45) is 11.1 Å². The number of ether oxygens (including phenoxy) is 1. The molecule has 3 rings (SSSR count). The summed E-state index contributed by atoms with van der Waals surface area (Å²) in [4.78, 5) is 11.9. The maximum Gasteiger partial charge on any atom is 0.314 e. The minimum absolute atomic E-state index is 0.237. The molecule has 0 aromatic carbocycles. The molecule has 2 bridgehead atoms. The van der Waals surface area contributed by atoms with Crippen LogP contribution in [0.5, 0.6) is 0 Å². The zero-order valence-corrected chi connectivity index (χ0v) is 9.16. The van der Waals surface area contributed by atoms with E-state index in [1.807, 2.05) is 0 Å². The molecule has 86 valence electrons. The van der Waals surface area contributed by atoms with E-state index in [2.05, 4.69) is 0 Å². The molecule has 0 saturated heterocycles. The van der Waals surface area contributed by atoms with Crippen LogP contribution in [0.15, 0.2) is 0 Å². The van der Waals surface area contributed by atoms with Gasteiger partial charge in [-0.25, -0.2) is 0 Å². The third kappa shape index (κ3) is 1.56. The van der Waals surface area contributed by atoms with Gasteiger partial charge in [0, 0.05) is 5.54 Å². The van der Waals surface area contributed by atoms with Gasteiger partial charge in [0.15, 0.2) is 0 Å². The standard InChI is InChI=1S/C11H19NO3/c1-2-15-9(14)11-5-3-10(12,4-6-11)7-8(11)13/h8,13H,2-7,12H2,1H3/t8-,10?,11?/m1/s1. The number of rotatable bonds is 2. The van der Waals surface area contributed by atoms with E-state index >= 15 is 0 Å². The maximum absolute atomic E-state index is 11.9. The third-order valence-electron chi connectivity index (χ3n) is 4.06. The predicted octanol–water partition coefficient (Wildman–Crippen LogP) is 0.572. The smallest absolute Gasteiger partial charge is 0.314 e. The third-order valence-corrected chi connectivity index (χ3v) is 4.06. The van der Waals surface area contributed by atoms with Gasteiger partial charge in [0.25, 0.3) is 0 Å². The summed E-state index contributed by atoms with van der Waals surface area (Å²) in [6.07, 6.45) is 2.90. The van der Waals surface area contributed by atoms with E-state index in [0.29, 0.717) is 25.9 Å². The zero-order valence-electron chi connectivity index (χ0n) is 9.16. The second-order valence-electron chi connectivity index (χ2n) is 4.96. The summed E-state index contributed by atoms with van der Waals surface area (Å²) in [6.45, 7) is 2.17. The summed E-state index contributed by atoms with van der Waals surface area (Å²) in [5.74, 6) is -0.237. The molecule has 4 heteroatoms. The van der Waals surface area contributed by atoms with Crippen LogP contribution in [0, 0.1) is 5.41 Å². The average Bonchev–Trinajstić information content (AvgIpc) is 2.18. The lowest BCUT2D eigenvalue weighted by atomic mass is 9.56. The van der Waals surface area contributed by atoms with Crippen molar-refractivity contribution < 1.29 is 14.6 Å². The normalized spacial score (nSPS) is 44.1. The highest BCUT2D eigenvalue weighted by molar-refractivity contribution is 5.78. The van der Waals surface area contributed by atoms with E-state index in [0.717, 1.165) is 12.8 Å². The van der Waals surface area contributed by atoms with Gasteiger partial charge in [-0.3, -0.25) is 4.79 Å². The van der Waals surface area contributed by atoms with Crippen LogP contribution in [0.3, 0.4) is 0 Å². The van der Waals surface area contributed by atoms with Gasteiger partial charge in [0.2, 0.25) is 0 Å². The molecule has 3 aliphatic rings. The van der Waals surface area contributed by atoms with Gasteiger partial charge in [-0.2, -0.15) is 0 Å². The van der Waals surface area contributed by atoms with Crippen molar-refractivity contribution in [1.29, 1.82) is 0 Å². The first kappa shape index (κ1) is 10.9. The molecule has 15 heavy (non-hydrogen) atoms. The Labute approximate surface area is 89.8 Å². The zero-order chi connectivity index (χ0) is 11.1. The quantitative estimate of drug-likeness (QED) is 0.658. The van der Waals surface area contributed by atoms with E-state index in [1.54, 1.807) is 6.92 Å². The molecule has 1 atom stereocenters. The van der Waals surface area contributed by atoms with Crippen LogP contribution in [0.2, 0.25) is 0 Å². The van der Waals surface area contributed by atoms with Crippen LogP contribution >= 0.6 is 0 Å². The first-order valence-corrected chi connectivity index (χ1v) is 5.67. The number of aliphatic hydroxyl groups is 1. The van der Waals surface area contributed by atoms with Gasteiger partial charge < -0.3 is 15.6 Å². The van der Waals surface area contributed by atoms with E-state index < -0.39 is 11.5 Å². The molecule has 0 radical (unpaired) electrons. The number of esters is 1. The molecule has 0 heterocycles. The first-order chi connectivity index (χ1) is 7.02. The Bertz CT molecular complexity index is 269. The van der Waals surface area contributed by atoms with Gasteiger partial charge in [-0.05, 0) is 39.0 Å².